The Kier molecular flexibility index (Phi) is 5.23. The number of ether oxygens (including phenoxy) is 1. The standard InChI is InChI=1S/C20H25N5O3/c1-12-16-9-17(14-10-21-25(2)11-14)20(27)24-19(16)23-18(22-12)13-3-5-15(6-4-13)28-8-7-26/h9-11,13,15,26H,3-8H2,1-2H3,(H,22,23,24,27). The van der Waals surface area contributed by atoms with E-state index in [0.717, 1.165) is 48.2 Å². The van der Waals surface area contributed by atoms with Crippen LogP contribution in [0.4, 0.5) is 0 Å². The summed E-state index contributed by atoms with van der Waals surface area (Å²) in [4.78, 5) is 24.9. The molecule has 1 aliphatic rings. The van der Waals surface area contributed by atoms with Gasteiger partial charge < -0.3 is 14.8 Å². The lowest BCUT2D eigenvalue weighted by Gasteiger charge is -2.27. The summed E-state index contributed by atoms with van der Waals surface area (Å²) < 4.78 is 7.31. The molecule has 0 saturated heterocycles. The topological polar surface area (TPSA) is 106 Å². The first-order chi connectivity index (χ1) is 13.5. The Labute approximate surface area is 162 Å². The highest BCUT2D eigenvalue weighted by Crippen LogP contribution is 2.33. The van der Waals surface area contributed by atoms with Gasteiger partial charge in [-0.3, -0.25) is 9.48 Å². The third kappa shape index (κ3) is 3.70. The Hall–Kier alpha value is -2.58. The highest BCUT2D eigenvalue weighted by Gasteiger charge is 2.25. The molecule has 0 spiro atoms. The molecule has 3 heterocycles. The van der Waals surface area contributed by atoms with Gasteiger partial charge in [0.2, 0.25) is 0 Å². The highest BCUT2D eigenvalue weighted by molar-refractivity contribution is 5.82. The van der Waals surface area contributed by atoms with Crippen LogP contribution in [-0.4, -0.2) is 49.2 Å². The Bertz CT molecular complexity index is 1030. The number of fused-ring (bicyclic) bond motifs is 1. The Morgan fingerprint density at radius 1 is 1.29 bits per heavy atom. The molecule has 4 rings (SSSR count). The van der Waals surface area contributed by atoms with E-state index in [1.54, 1.807) is 10.9 Å². The maximum Gasteiger partial charge on any atom is 0.257 e. The van der Waals surface area contributed by atoms with E-state index in [1.165, 1.54) is 0 Å². The van der Waals surface area contributed by atoms with Gasteiger partial charge in [0.15, 0.2) is 0 Å². The molecule has 0 bridgehead atoms. The van der Waals surface area contributed by atoms with Crippen molar-refractivity contribution < 1.29 is 9.84 Å². The van der Waals surface area contributed by atoms with Crippen molar-refractivity contribution in [3.05, 3.63) is 40.3 Å². The fraction of sp³-hybridized carbons (Fsp3) is 0.500. The number of nitrogens with one attached hydrogen (secondary N) is 1. The van der Waals surface area contributed by atoms with Gasteiger partial charge in [-0.05, 0) is 38.7 Å². The third-order valence-electron chi connectivity index (χ3n) is 5.42. The van der Waals surface area contributed by atoms with Crippen LogP contribution in [0.3, 0.4) is 0 Å². The van der Waals surface area contributed by atoms with Crippen LogP contribution in [0.2, 0.25) is 0 Å². The molecule has 0 radical (unpaired) electrons. The van der Waals surface area contributed by atoms with Crippen molar-refractivity contribution >= 4 is 11.0 Å². The maximum atomic E-state index is 12.6. The van der Waals surface area contributed by atoms with Gasteiger partial charge in [0.05, 0.1) is 36.8 Å². The van der Waals surface area contributed by atoms with E-state index in [9.17, 15) is 4.79 Å². The van der Waals surface area contributed by atoms with Crippen LogP contribution in [-0.2, 0) is 11.8 Å². The summed E-state index contributed by atoms with van der Waals surface area (Å²) in [6, 6.07) is 1.85. The van der Waals surface area contributed by atoms with Crippen molar-refractivity contribution in [3.63, 3.8) is 0 Å². The van der Waals surface area contributed by atoms with Crippen molar-refractivity contribution in [1.29, 1.82) is 0 Å². The summed E-state index contributed by atoms with van der Waals surface area (Å²) in [5, 5.41) is 13.9. The van der Waals surface area contributed by atoms with Crippen molar-refractivity contribution in [1.82, 2.24) is 24.7 Å². The molecule has 1 fully saturated rings. The molecule has 148 valence electrons. The number of aliphatic hydroxyl groups is 1. The van der Waals surface area contributed by atoms with Gasteiger partial charge in [-0.2, -0.15) is 5.10 Å². The van der Waals surface area contributed by atoms with Crippen molar-refractivity contribution in [2.45, 2.75) is 44.6 Å². The molecular weight excluding hydrogens is 358 g/mol. The molecule has 3 aromatic rings. The maximum absolute atomic E-state index is 12.6. The number of aromatic nitrogens is 5. The van der Waals surface area contributed by atoms with E-state index in [2.05, 4.69) is 15.1 Å². The number of aromatic amines is 1. The molecule has 2 N–H and O–H groups in total. The predicted molar refractivity (Wildman–Crippen MR) is 105 cm³/mol. The average Bonchev–Trinajstić information content (AvgIpc) is 3.12. The van der Waals surface area contributed by atoms with Gasteiger partial charge >= 0.3 is 0 Å². The minimum Gasteiger partial charge on any atom is -0.394 e. The molecule has 0 aromatic carbocycles. The molecule has 1 saturated carbocycles. The predicted octanol–water partition coefficient (Wildman–Crippen LogP) is 2.06. The Balaban J connectivity index is 1.62. The molecule has 28 heavy (non-hydrogen) atoms. The molecule has 1 aliphatic carbocycles. The van der Waals surface area contributed by atoms with E-state index in [4.69, 9.17) is 14.8 Å². The number of pyridine rings is 1. The zero-order valence-corrected chi connectivity index (χ0v) is 16.2. The number of nitrogens with zero attached hydrogens (tertiary/aromatic N) is 4. The summed E-state index contributed by atoms with van der Waals surface area (Å²) >= 11 is 0. The first kappa shape index (κ1) is 18.8. The van der Waals surface area contributed by atoms with Gasteiger partial charge in [0, 0.05) is 30.1 Å². The monoisotopic (exact) mass is 383 g/mol. The first-order valence-corrected chi connectivity index (χ1v) is 9.68. The molecule has 0 amide bonds. The van der Waals surface area contributed by atoms with Crippen molar-refractivity contribution in [2.24, 2.45) is 7.05 Å². The van der Waals surface area contributed by atoms with Crippen LogP contribution in [0.1, 0.15) is 43.1 Å². The second-order valence-electron chi connectivity index (χ2n) is 7.41. The van der Waals surface area contributed by atoms with Crippen LogP contribution >= 0.6 is 0 Å². The molecule has 8 heteroatoms. The van der Waals surface area contributed by atoms with Gasteiger partial charge in [0.1, 0.15) is 11.5 Å². The number of H-pyrrole nitrogens is 1. The zero-order valence-electron chi connectivity index (χ0n) is 16.2. The number of hydrogen-bond acceptors (Lipinski definition) is 6. The minimum atomic E-state index is -0.175. The van der Waals surface area contributed by atoms with E-state index < -0.39 is 0 Å². The zero-order chi connectivity index (χ0) is 19.7. The summed E-state index contributed by atoms with van der Waals surface area (Å²) in [6.45, 7) is 2.40. The van der Waals surface area contributed by atoms with Crippen LogP contribution in [0.15, 0.2) is 23.3 Å². The fourth-order valence-corrected chi connectivity index (χ4v) is 3.92. The molecule has 8 nitrogen and oxygen atoms in total. The number of aliphatic hydroxyl groups excluding tert-OH is 1. The highest BCUT2D eigenvalue weighted by atomic mass is 16.5. The van der Waals surface area contributed by atoms with Crippen LogP contribution in [0.5, 0.6) is 0 Å². The molecule has 0 aliphatic heterocycles. The van der Waals surface area contributed by atoms with E-state index in [1.807, 2.05) is 26.2 Å². The summed E-state index contributed by atoms with van der Waals surface area (Å²) in [5.74, 6) is 1.05. The quantitative estimate of drug-likeness (QED) is 0.699. The fourth-order valence-electron chi connectivity index (χ4n) is 3.92. The second-order valence-corrected chi connectivity index (χ2v) is 7.41. The summed E-state index contributed by atoms with van der Waals surface area (Å²) in [6.07, 6.45) is 7.45. The molecule has 0 atom stereocenters. The Morgan fingerprint density at radius 2 is 2.07 bits per heavy atom. The molecular formula is C20H25N5O3. The van der Waals surface area contributed by atoms with Gasteiger partial charge in [-0.15, -0.1) is 0 Å². The molecule has 3 aromatic heterocycles. The van der Waals surface area contributed by atoms with Gasteiger partial charge in [0.25, 0.3) is 5.56 Å². The smallest absolute Gasteiger partial charge is 0.257 e. The molecule has 0 unspecified atom stereocenters. The number of rotatable bonds is 5. The van der Waals surface area contributed by atoms with Crippen molar-refractivity contribution in [2.75, 3.05) is 13.2 Å². The Morgan fingerprint density at radius 3 is 2.75 bits per heavy atom. The third-order valence-corrected chi connectivity index (χ3v) is 5.42. The summed E-state index contributed by atoms with van der Waals surface area (Å²) in [7, 11) is 1.82. The van der Waals surface area contributed by atoms with Crippen LogP contribution in [0, 0.1) is 6.92 Å². The minimum absolute atomic E-state index is 0.0568. The normalized spacial score (nSPS) is 20.0. The number of hydrogen-bond donors (Lipinski definition) is 2. The van der Waals surface area contributed by atoms with E-state index >= 15 is 0 Å². The van der Waals surface area contributed by atoms with Crippen LogP contribution in [0.25, 0.3) is 22.2 Å². The SMILES string of the molecule is Cc1nc(C2CCC(OCCO)CC2)nc2[nH]c(=O)c(-c3cnn(C)c3)cc12. The van der Waals surface area contributed by atoms with Crippen LogP contribution < -0.4 is 5.56 Å². The average molecular weight is 383 g/mol. The largest absolute Gasteiger partial charge is 0.394 e. The summed E-state index contributed by atoms with van der Waals surface area (Å²) in [5.41, 5.74) is 2.61. The lowest BCUT2D eigenvalue weighted by molar-refractivity contribution is 0.00540. The van der Waals surface area contributed by atoms with E-state index in [-0.39, 0.29) is 24.2 Å². The van der Waals surface area contributed by atoms with Gasteiger partial charge in [-0.25, -0.2) is 9.97 Å². The van der Waals surface area contributed by atoms with Gasteiger partial charge in [-0.1, -0.05) is 0 Å². The second kappa shape index (κ2) is 7.81. The number of aryl methyl sites for hydroxylation is 2. The lowest BCUT2D eigenvalue weighted by atomic mass is 9.86. The van der Waals surface area contributed by atoms with E-state index in [0.29, 0.717) is 17.8 Å². The van der Waals surface area contributed by atoms with Crippen molar-refractivity contribution in [3.8, 4) is 11.1 Å². The first-order valence-electron chi connectivity index (χ1n) is 9.68. The lowest BCUT2D eigenvalue weighted by Crippen LogP contribution is -2.23.